The van der Waals surface area contributed by atoms with Crippen molar-refractivity contribution < 1.29 is 21.6 Å². The average Bonchev–Trinajstić information content (AvgIpc) is 2.81. The summed E-state index contributed by atoms with van der Waals surface area (Å²) in [5.41, 5.74) is -1.14. The van der Waals surface area contributed by atoms with Gasteiger partial charge in [0.2, 0.25) is 0 Å². The number of halogens is 3. The van der Waals surface area contributed by atoms with Crippen LogP contribution < -0.4 is 0 Å². The average molecular weight is 306 g/mol. The molecule has 0 aliphatic heterocycles. The Kier molecular flexibility index (Phi) is 3.69. The highest BCUT2D eigenvalue weighted by Crippen LogP contribution is 2.33. The largest absolute Gasteiger partial charge is 0.416 e. The van der Waals surface area contributed by atoms with E-state index < -0.39 is 27.3 Å². The molecular formula is C12H9F3O2S2. The Morgan fingerprint density at radius 3 is 2.32 bits per heavy atom. The van der Waals surface area contributed by atoms with Crippen LogP contribution in [0.2, 0.25) is 0 Å². The summed E-state index contributed by atoms with van der Waals surface area (Å²) < 4.78 is 62.4. The second-order valence-electron chi connectivity index (χ2n) is 3.85. The molecule has 0 spiro atoms. The van der Waals surface area contributed by atoms with Crippen molar-refractivity contribution in [1.82, 2.24) is 0 Å². The van der Waals surface area contributed by atoms with E-state index in [1.165, 1.54) is 24.3 Å². The highest BCUT2D eigenvalue weighted by atomic mass is 32.2. The van der Waals surface area contributed by atoms with E-state index in [1.54, 1.807) is 11.4 Å². The quantitative estimate of drug-likeness (QED) is 0.865. The normalized spacial score (nSPS) is 12.6. The maximum absolute atomic E-state index is 12.8. The van der Waals surface area contributed by atoms with E-state index in [0.717, 1.165) is 17.4 Å². The van der Waals surface area contributed by atoms with Crippen molar-refractivity contribution in [2.24, 2.45) is 0 Å². The van der Waals surface area contributed by atoms with Gasteiger partial charge in [-0.1, -0.05) is 24.3 Å². The Morgan fingerprint density at radius 1 is 1.05 bits per heavy atom. The van der Waals surface area contributed by atoms with Crippen LogP contribution in [0, 0.1) is 0 Å². The molecule has 0 bridgehead atoms. The number of sulfone groups is 1. The van der Waals surface area contributed by atoms with E-state index in [9.17, 15) is 21.6 Å². The zero-order valence-electron chi connectivity index (χ0n) is 9.52. The van der Waals surface area contributed by atoms with Gasteiger partial charge in [0.25, 0.3) is 0 Å². The fourth-order valence-electron chi connectivity index (χ4n) is 1.64. The molecule has 1 aromatic carbocycles. The number of hydrogen-bond donors (Lipinski definition) is 0. The van der Waals surface area contributed by atoms with Crippen LogP contribution >= 0.6 is 11.3 Å². The molecule has 0 saturated heterocycles. The molecule has 0 aliphatic rings. The van der Waals surface area contributed by atoms with Crippen LogP contribution in [0.3, 0.4) is 0 Å². The van der Waals surface area contributed by atoms with Crippen molar-refractivity contribution in [3.63, 3.8) is 0 Å². The Balaban J connectivity index is 2.40. The van der Waals surface area contributed by atoms with Crippen LogP contribution in [-0.2, 0) is 21.8 Å². The first kappa shape index (κ1) is 14.1. The minimum absolute atomic E-state index is 0.0736. The Morgan fingerprint density at radius 2 is 1.74 bits per heavy atom. The minimum Gasteiger partial charge on any atom is -0.223 e. The van der Waals surface area contributed by atoms with E-state index in [0.29, 0.717) is 0 Å². The van der Waals surface area contributed by atoms with Gasteiger partial charge in [0.1, 0.15) is 4.21 Å². The summed E-state index contributed by atoms with van der Waals surface area (Å²) in [6.45, 7) is 0. The molecular weight excluding hydrogens is 297 g/mol. The topological polar surface area (TPSA) is 34.1 Å². The Hall–Kier alpha value is -1.34. The van der Waals surface area contributed by atoms with Gasteiger partial charge in [-0.15, -0.1) is 11.3 Å². The van der Waals surface area contributed by atoms with Crippen LogP contribution in [0.4, 0.5) is 13.2 Å². The zero-order valence-corrected chi connectivity index (χ0v) is 11.1. The van der Waals surface area contributed by atoms with Crippen LogP contribution in [0.1, 0.15) is 11.1 Å². The second kappa shape index (κ2) is 4.97. The fraction of sp³-hybridized carbons (Fsp3) is 0.167. The molecule has 1 aromatic heterocycles. The lowest BCUT2D eigenvalue weighted by molar-refractivity contribution is -0.138. The zero-order chi connectivity index (χ0) is 14.1. The molecule has 1 heterocycles. The maximum atomic E-state index is 12.8. The van der Waals surface area contributed by atoms with Crippen LogP contribution in [-0.4, -0.2) is 8.42 Å². The molecule has 2 nitrogen and oxygen atoms in total. The lowest BCUT2D eigenvalue weighted by Gasteiger charge is -2.12. The predicted octanol–water partition coefficient (Wildman–Crippen LogP) is 3.74. The summed E-state index contributed by atoms with van der Waals surface area (Å²) in [5.74, 6) is -0.650. The van der Waals surface area contributed by atoms with Crippen molar-refractivity contribution in [3.8, 4) is 0 Å². The first-order valence-corrected chi connectivity index (χ1v) is 7.75. The van der Waals surface area contributed by atoms with E-state index in [-0.39, 0.29) is 9.77 Å². The third-order valence-electron chi connectivity index (χ3n) is 2.47. The summed E-state index contributed by atoms with van der Waals surface area (Å²) in [7, 11) is -3.73. The summed E-state index contributed by atoms with van der Waals surface area (Å²) in [6.07, 6.45) is -4.55. The number of rotatable bonds is 3. The molecule has 0 unspecified atom stereocenters. The minimum atomic E-state index is -4.55. The van der Waals surface area contributed by atoms with Gasteiger partial charge in [0.05, 0.1) is 11.3 Å². The van der Waals surface area contributed by atoms with Crippen molar-refractivity contribution in [2.45, 2.75) is 16.1 Å². The standard InChI is InChI=1S/C12H9F3O2S2/c13-12(14,15)10-5-2-1-4-9(10)8-19(16,17)11-6-3-7-18-11/h1-7H,8H2. The van der Waals surface area contributed by atoms with Crippen molar-refractivity contribution in [2.75, 3.05) is 0 Å². The molecule has 0 radical (unpaired) electrons. The van der Waals surface area contributed by atoms with Gasteiger partial charge in [-0.05, 0) is 23.1 Å². The van der Waals surface area contributed by atoms with Gasteiger partial charge >= 0.3 is 6.18 Å². The summed E-state index contributed by atoms with van der Waals surface area (Å²) in [4.78, 5) is 0. The van der Waals surface area contributed by atoms with Gasteiger partial charge in [-0.3, -0.25) is 0 Å². The highest BCUT2D eigenvalue weighted by Gasteiger charge is 2.34. The van der Waals surface area contributed by atoms with Gasteiger partial charge in [0, 0.05) is 0 Å². The summed E-state index contributed by atoms with van der Waals surface area (Å²) >= 11 is 0.993. The van der Waals surface area contributed by atoms with Crippen molar-refractivity contribution in [3.05, 3.63) is 52.9 Å². The maximum Gasteiger partial charge on any atom is 0.416 e. The Labute approximate surface area is 112 Å². The van der Waals surface area contributed by atoms with E-state index >= 15 is 0 Å². The fourth-order valence-corrected chi connectivity index (χ4v) is 4.11. The van der Waals surface area contributed by atoms with E-state index in [4.69, 9.17) is 0 Å². The molecule has 7 heteroatoms. The van der Waals surface area contributed by atoms with Gasteiger partial charge < -0.3 is 0 Å². The first-order valence-electron chi connectivity index (χ1n) is 5.22. The number of thiophene rings is 1. The molecule has 2 aromatic rings. The molecule has 0 atom stereocenters. The third-order valence-corrected chi connectivity index (χ3v) is 5.62. The SMILES string of the molecule is O=S(=O)(Cc1ccccc1C(F)(F)F)c1cccs1. The molecule has 102 valence electrons. The molecule has 0 fully saturated rings. The van der Waals surface area contributed by atoms with Gasteiger partial charge in [0.15, 0.2) is 9.84 Å². The number of hydrogen-bond acceptors (Lipinski definition) is 3. The van der Waals surface area contributed by atoms with Crippen LogP contribution in [0.15, 0.2) is 46.0 Å². The van der Waals surface area contributed by atoms with Crippen molar-refractivity contribution >= 4 is 21.2 Å². The lowest BCUT2D eigenvalue weighted by atomic mass is 10.1. The van der Waals surface area contributed by atoms with E-state index in [2.05, 4.69) is 0 Å². The first-order chi connectivity index (χ1) is 8.81. The molecule has 0 amide bonds. The molecule has 0 aliphatic carbocycles. The third kappa shape index (κ3) is 3.16. The van der Waals surface area contributed by atoms with Gasteiger partial charge in [-0.25, -0.2) is 8.42 Å². The monoisotopic (exact) mass is 306 g/mol. The highest BCUT2D eigenvalue weighted by molar-refractivity contribution is 7.92. The smallest absolute Gasteiger partial charge is 0.223 e. The predicted molar refractivity (Wildman–Crippen MR) is 66.7 cm³/mol. The van der Waals surface area contributed by atoms with Gasteiger partial charge in [-0.2, -0.15) is 13.2 Å². The van der Waals surface area contributed by atoms with E-state index in [1.807, 2.05) is 0 Å². The Bertz CT molecular complexity index is 659. The summed E-state index contributed by atoms with van der Waals surface area (Å²) in [5, 5.41) is 1.57. The molecule has 0 saturated carbocycles. The molecule has 19 heavy (non-hydrogen) atoms. The van der Waals surface area contributed by atoms with Crippen molar-refractivity contribution in [1.29, 1.82) is 0 Å². The number of benzene rings is 1. The van der Waals surface area contributed by atoms with Crippen LogP contribution in [0.25, 0.3) is 0 Å². The molecule has 2 rings (SSSR count). The molecule has 0 N–H and O–H groups in total. The number of alkyl halides is 3. The summed E-state index contributed by atoms with van der Waals surface area (Å²) in [6, 6.07) is 7.65. The van der Waals surface area contributed by atoms with Crippen LogP contribution in [0.5, 0.6) is 0 Å². The second-order valence-corrected chi connectivity index (χ2v) is 7.01. The lowest BCUT2D eigenvalue weighted by Crippen LogP contribution is -2.12.